The van der Waals surface area contributed by atoms with Crippen LogP contribution in [0, 0.1) is 17.7 Å². The molecule has 2 atom stereocenters. The molecule has 0 aromatic heterocycles. The van der Waals surface area contributed by atoms with E-state index in [-0.39, 0.29) is 24.8 Å². The van der Waals surface area contributed by atoms with Gasteiger partial charge in [0.25, 0.3) is 0 Å². The first-order valence-corrected chi connectivity index (χ1v) is 6.40. The van der Waals surface area contributed by atoms with Crippen LogP contribution in [-0.2, 0) is 16.1 Å². The van der Waals surface area contributed by atoms with E-state index < -0.39 is 17.8 Å². The summed E-state index contributed by atoms with van der Waals surface area (Å²) >= 11 is 0. The van der Waals surface area contributed by atoms with Crippen LogP contribution in [0.1, 0.15) is 12.0 Å². The van der Waals surface area contributed by atoms with Crippen molar-refractivity contribution in [1.29, 1.82) is 0 Å². The van der Waals surface area contributed by atoms with E-state index in [9.17, 15) is 14.0 Å². The second-order valence-electron chi connectivity index (χ2n) is 4.89. The Morgan fingerprint density at radius 1 is 1.40 bits per heavy atom. The third-order valence-corrected chi connectivity index (χ3v) is 3.41. The van der Waals surface area contributed by atoms with Crippen LogP contribution in [0.25, 0.3) is 0 Å². The number of hydrogen-bond donors (Lipinski definition) is 1. The molecule has 0 saturated heterocycles. The second kappa shape index (κ2) is 5.86. The molecule has 1 aromatic carbocycles. The summed E-state index contributed by atoms with van der Waals surface area (Å²) in [5, 5.41) is 8.87. The highest BCUT2D eigenvalue weighted by atomic mass is 19.1. The van der Waals surface area contributed by atoms with Gasteiger partial charge >= 0.3 is 5.97 Å². The van der Waals surface area contributed by atoms with E-state index in [0.29, 0.717) is 12.0 Å². The number of halogens is 1. The Kier molecular flexibility index (Phi) is 4.17. The molecule has 1 N–H and O–H groups in total. The van der Waals surface area contributed by atoms with Crippen molar-refractivity contribution in [3.63, 3.8) is 0 Å². The zero-order valence-electron chi connectivity index (χ0n) is 11.0. The number of carbonyl (C=O) groups excluding carboxylic acids is 1. The van der Waals surface area contributed by atoms with Crippen LogP contribution in [0.15, 0.2) is 36.9 Å². The summed E-state index contributed by atoms with van der Waals surface area (Å²) in [4.78, 5) is 24.5. The van der Waals surface area contributed by atoms with Crippen molar-refractivity contribution in [1.82, 2.24) is 4.90 Å². The fourth-order valence-corrected chi connectivity index (χ4v) is 2.20. The maximum absolute atomic E-state index is 13.6. The molecule has 106 valence electrons. The molecule has 5 heteroatoms. The van der Waals surface area contributed by atoms with Crippen molar-refractivity contribution in [2.24, 2.45) is 11.8 Å². The van der Waals surface area contributed by atoms with Gasteiger partial charge < -0.3 is 10.0 Å². The Morgan fingerprint density at radius 2 is 2.10 bits per heavy atom. The number of aliphatic carboxylic acids is 1. The highest BCUT2D eigenvalue weighted by Gasteiger charge is 2.49. The van der Waals surface area contributed by atoms with Gasteiger partial charge in [0, 0.05) is 18.7 Å². The molecule has 1 aromatic rings. The van der Waals surface area contributed by atoms with E-state index in [2.05, 4.69) is 6.58 Å². The molecule has 0 aliphatic heterocycles. The molecular weight excluding hydrogens is 261 g/mol. The number of nitrogens with zero attached hydrogens (tertiary/aromatic N) is 1. The topological polar surface area (TPSA) is 57.6 Å². The van der Waals surface area contributed by atoms with E-state index in [4.69, 9.17) is 5.11 Å². The lowest BCUT2D eigenvalue weighted by Crippen LogP contribution is -2.33. The summed E-state index contributed by atoms with van der Waals surface area (Å²) in [6.45, 7) is 3.98. The minimum absolute atomic E-state index is 0.125. The van der Waals surface area contributed by atoms with E-state index >= 15 is 0 Å². The maximum atomic E-state index is 13.6. The molecule has 2 unspecified atom stereocenters. The lowest BCUT2D eigenvalue weighted by Gasteiger charge is -2.21. The van der Waals surface area contributed by atoms with Gasteiger partial charge in [-0.25, -0.2) is 4.39 Å². The highest BCUT2D eigenvalue weighted by Crippen LogP contribution is 2.40. The number of rotatable bonds is 6. The monoisotopic (exact) mass is 277 g/mol. The van der Waals surface area contributed by atoms with Gasteiger partial charge in [0.2, 0.25) is 5.91 Å². The summed E-state index contributed by atoms with van der Waals surface area (Å²) in [5.41, 5.74) is 0.412. The molecule has 1 saturated carbocycles. The van der Waals surface area contributed by atoms with Gasteiger partial charge in [-0.2, -0.15) is 0 Å². The minimum atomic E-state index is -0.951. The summed E-state index contributed by atoms with van der Waals surface area (Å²) in [7, 11) is 0. The zero-order chi connectivity index (χ0) is 14.7. The average Bonchev–Trinajstić information content (AvgIpc) is 3.20. The van der Waals surface area contributed by atoms with Gasteiger partial charge in [0.05, 0.1) is 11.8 Å². The van der Waals surface area contributed by atoms with Crippen LogP contribution < -0.4 is 0 Å². The van der Waals surface area contributed by atoms with E-state index in [1.807, 2.05) is 0 Å². The normalized spacial score (nSPS) is 20.2. The summed E-state index contributed by atoms with van der Waals surface area (Å²) < 4.78 is 13.6. The molecule has 1 fully saturated rings. The number of carboxylic acids is 1. The molecular formula is C15H16FNO3. The van der Waals surface area contributed by atoms with Crippen molar-refractivity contribution in [2.75, 3.05) is 6.54 Å². The molecule has 20 heavy (non-hydrogen) atoms. The van der Waals surface area contributed by atoms with Crippen molar-refractivity contribution >= 4 is 11.9 Å². The highest BCUT2D eigenvalue weighted by molar-refractivity contribution is 5.89. The molecule has 4 nitrogen and oxygen atoms in total. The standard InChI is InChI=1S/C15H16FNO3/c1-2-7-17(9-10-5-3-4-6-13(10)16)14(18)11-8-12(11)15(19)20/h2-6,11-12H,1,7-9H2,(H,19,20). The third-order valence-electron chi connectivity index (χ3n) is 3.41. The van der Waals surface area contributed by atoms with Crippen LogP contribution in [0.4, 0.5) is 4.39 Å². The summed E-state index contributed by atoms with van der Waals surface area (Å²) in [6.07, 6.45) is 1.91. The van der Waals surface area contributed by atoms with Gasteiger partial charge in [-0.1, -0.05) is 24.3 Å². The predicted molar refractivity (Wildman–Crippen MR) is 71.2 cm³/mol. The van der Waals surface area contributed by atoms with E-state index in [1.54, 1.807) is 24.3 Å². The largest absolute Gasteiger partial charge is 0.481 e. The Balaban J connectivity index is 2.08. The van der Waals surface area contributed by atoms with Gasteiger partial charge in [0.15, 0.2) is 0 Å². The van der Waals surface area contributed by atoms with Crippen LogP contribution in [0.2, 0.25) is 0 Å². The molecule has 0 radical (unpaired) electrons. The van der Waals surface area contributed by atoms with Crippen LogP contribution in [-0.4, -0.2) is 28.4 Å². The van der Waals surface area contributed by atoms with Crippen molar-refractivity contribution in [3.8, 4) is 0 Å². The van der Waals surface area contributed by atoms with Crippen molar-refractivity contribution in [2.45, 2.75) is 13.0 Å². The van der Waals surface area contributed by atoms with Crippen molar-refractivity contribution < 1.29 is 19.1 Å². The number of benzene rings is 1. The first-order chi connectivity index (χ1) is 9.54. The van der Waals surface area contributed by atoms with Crippen molar-refractivity contribution in [3.05, 3.63) is 48.3 Å². The predicted octanol–water partition coefficient (Wildman–Crippen LogP) is 2.06. The molecule has 2 rings (SSSR count). The van der Waals surface area contributed by atoms with Gasteiger partial charge in [-0.3, -0.25) is 9.59 Å². The lowest BCUT2D eigenvalue weighted by molar-refractivity contribution is -0.142. The molecule has 0 spiro atoms. The number of carbonyl (C=O) groups is 2. The minimum Gasteiger partial charge on any atom is -0.481 e. The van der Waals surface area contributed by atoms with Crippen LogP contribution in [0.5, 0.6) is 0 Å². The number of amides is 1. The van der Waals surface area contributed by atoms with Crippen LogP contribution in [0.3, 0.4) is 0 Å². The maximum Gasteiger partial charge on any atom is 0.307 e. The van der Waals surface area contributed by atoms with E-state index in [1.165, 1.54) is 11.0 Å². The Morgan fingerprint density at radius 3 is 2.65 bits per heavy atom. The first kappa shape index (κ1) is 14.2. The average molecular weight is 277 g/mol. The van der Waals surface area contributed by atoms with Crippen LogP contribution >= 0.6 is 0 Å². The molecule has 0 heterocycles. The molecule has 1 amide bonds. The number of carboxylic acid groups (broad SMARTS) is 1. The SMILES string of the molecule is C=CCN(Cc1ccccc1F)C(=O)C1CC1C(=O)O. The third kappa shape index (κ3) is 3.04. The Bertz CT molecular complexity index is 544. The second-order valence-corrected chi connectivity index (χ2v) is 4.89. The Labute approximate surface area is 116 Å². The zero-order valence-corrected chi connectivity index (χ0v) is 11.0. The van der Waals surface area contributed by atoms with Gasteiger partial charge in [-0.05, 0) is 12.5 Å². The first-order valence-electron chi connectivity index (χ1n) is 6.40. The number of hydrogen-bond acceptors (Lipinski definition) is 2. The fraction of sp³-hybridized carbons (Fsp3) is 0.333. The molecule has 1 aliphatic carbocycles. The summed E-state index contributed by atoms with van der Waals surface area (Å²) in [5.74, 6) is -2.66. The summed E-state index contributed by atoms with van der Waals surface area (Å²) in [6, 6.07) is 6.23. The van der Waals surface area contributed by atoms with Gasteiger partial charge in [-0.15, -0.1) is 6.58 Å². The molecule has 0 bridgehead atoms. The Hall–Kier alpha value is -2.17. The fourth-order valence-electron chi connectivity index (χ4n) is 2.20. The lowest BCUT2D eigenvalue weighted by atomic mass is 10.2. The smallest absolute Gasteiger partial charge is 0.307 e. The van der Waals surface area contributed by atoms with Gasteiger partial charge in [0.1, 0.15) is 5.82 Å². The molecule has 1 aliphatic rings. The quantitative estimate of drug-likeness (QED) is 0.810. The van der Waals surface area contributed by atoms with E-state index in [0.717, 1.165) is 0 Å².